The van der Waals surface area contributed by atoms with Crippen LogP contribution in [-0.2, 0) is 9.59 Å². The van der Waals surface area contributed by atoms with Gasteiger partial charge >= 0.3 is 0 Å². The second-order valence-corrected chi connectivity index (χ2v) is 5.77. The average molecular weight is 329 g/mol. The molecule has 0 aliphatic carbocycles. The van der Waals surface area contributed by atoms with Gasteiger partial charge in [-0.25, -0.2) is 0 Å². The fourth-order valence-corrected chi connectivity index (χ4v) is 3.00. The van der Waals surface area contributed by atoms with Crippen molar-refractivity contribution in [2.75, 3.05) is 24.5 Å². The Morgan fingerprint density at radius 3 is 2.62 bits per heavy atom. The molecule has 1 aromatic carbocycles. The predicted molar refractivity (Wildman–Crippen MR) is 84.9 cm³/mol. The molecule has 114 valence electrons. The van der Waals surface area contributed by atoms with Gasteiger partial charge in [-0.1, -0.05) is 29.3 Å². The van der Waals surface area contributed by atoms with Crippen LogP contribution in [0.25, 0.3) is 0 Å². The Hall–Kier alpha value is -1.26. The molecule has 0 aromatic heterocycles. The summed E-state index contributed by atoms with van der Waals surface area (Å²) in [7, 11) is 0. The van der Waals surface area contributed by atoms with Gasteiger partial charge in [-0.15, -0.1) is 0 Å². The first-order valence-corrected chi connectivity index (χ1v) is 7.78. The molecule has 1 saturated heterocycles. The monoisotopic (exact) mass is 328 g/mol. The van der Waals surface area contributed by atoms with Crippen LogP contribution >= 0.6 is 23.2 Å². The molecule has 4 nitrogen and oxygen atoms in total. The van der Waals surface area contributed by atoms with Crippen LogP contribution in [0.4, 0.5) is 5.69 Å². The zero-order chi connectivity index (χ0) is 15.6. The lowest BCUT2D eigenvalue weighted by atomic mass is 10.1. The van der Waals surface area contributed by atoms with E-state index in [4.69, 9.17) is 23.2 Å². The smallest absolute Gasteiger partial charge is 0.227 e. The minimum atomic E-state index is -0.313. The van der Waals surface area contributed by atoms with Crippen LogP contribution in [-0.4, -0.2) is 36.3 Å². The third-order valence-electron chi connectivity index (χ3n) is 3.77. The summed E-state index contributed by atoms with van der Waals surface area (Å²) in [6.07, 6.45) is 0.220. The third-order valence-corrected chi connectivity index (χ3v) is 4.58. The molecule has 0 spiro atoms. The highest BCUT2D eigenvalue weighted by molar-refractivity contribution is 6.44. The summed E-state index contributed by atoms with van der Waals surface area (Å²) in [5.74, 6) is -0.383. The minimum absolute atomic E-state index is 0.0222. The standard InChI is InChI=1S/C15H18Cl2N2O2/c1-3-18(4-2)15(21)10-8-13(20)19(9-10)12-7-5-6-11(16)14(12)17/h5-7,10H,3-4,8-9H2,1-2H3. The van der Waals surface area contributed by atoms with Gasteiger partial charge in [-0.05, 0) is 26.0 Å². The molecule has 0 radical (unpaired) electrons. The van der Waals surface area contributed by atoms with Crippen LogP contribution in [0.2, 0.25) is 10.0 Å². The minimum Gasteiger partial charge on any atom is -0.343 e. The summed E-state index contributed by atoms with van der Waals surface area (Å²) in [6, 6.07) is 5.17. The molecule has 2 rings (SSSR count). The number of rotatable bonds is 4. The highest BCUT2D eigenvalue weighted by atomic mass is 35.5. The van der Waals surface area contributed by atoms with Crippen LogP contribution < -0.4 is 4.90 Å². The first kappa shape index (κ1) is 16.1. The summed E-state index contributed by atoms with van der Waals surface area (Å²) in [5, 5.41) is 0.754. The van der Waals surface area contributed by atoms with Gasteiger partial charge < -0.3 is 9.80 Å². The van der Waals surface area contributed by atoms with Crippen LogP contribution in [0.5, 0.6) is 0 Å². The number of nitrogens with zero attached hydrogens (tertiary/aromatic N) is 2. The molecule has 1 heterocycles. The van der Waals surface area contributed by atoms with E-state index in [2.05, 4.69) is 0 Å². The van der Waals surface area contributed by atoms with E-state index < -0.39 is 0 Å². The molecule has 0 N–H and O–H groups in total. The van der Waals surface area contributed by atoms with E-state index in [1.165, 1.54) is 0 Å². The van der Waals surface area contributed by atoms with Crippen LogP contribution in [0.3, 0.4) is 0 Å². The highest BCUT2D eigenvalue weighted by Crippen LogP contribution is 2.35. The molecular weight excluding hydrogens is 311 g/mol. The number of carbonyl (C=O) groups is 2. The van der Waals surface area contributed by atoms with E-state index in [0.29, 0.717) is 35.4 Å². The van der Waals surface area contributed by atoms with Crippen LogP contribution in [0.15, 0.2) is 18.2 Å². The van der Waals surface area contributed by atoms with Gasteiger partial charge in [0.15, 0.2) is 0 Å². The number of hydrogen-bond donors (Lipinski definition) is 0. The summed E-state index contributed by atoms with van der Waals surface area (Å²) in [5.41, 5.74) is 0.573. The Balaban J connectivity index is 2.20. The summed E-state index contributed by atoms with van der Waals surface area (Å²) in [6.45, 7) is 5.53. The molecule has 1 atom stereocenters. The first-order valence-electron chi connectivity index (χ1n) is 7.02. The van der Waals surface area contributed by atoms with Gasteiger partial charge in [0.2, 0.25) is 11.8 Å². The first-order chi connectivity index (χ1) is 9.99. The van der Waals surface area contributed by atoms with E-state index in [1.54, 1.807) is 28.0 Å². The largest absolute Gasteiger partial charge is 0.343 e. The summed E-state index contributed by atoms with van der Waals surface area (Å²) >= 11 is 12.2. The second-order valence-electron chi connectivity index (χ2n) is 4.99. The van der Waals surface area contributed by atoms with Gasteiger partial charge in [0.1, 0.15) is 0 Å². The quantitative estimate of drug-likeness (QED) is 0.851. The molecule has 1 aliphatic heterocycles. The molecule has 1 unspecified atom stereocenters. The number of hydrogen-bond acceptors (Lipinski definition) is 2. The molecule has 1 aliphatic rings. The van der Waals surface area contributed by atoms with Gasteiger partial charge in [-0.2, -0.15) is 0 Å². The topological polar surface area (TPSA) is 40.6 Å². The fourth-order valence-electron chi connectivity index (χ4n) is 2.60. The zero-order valence-electron chi connectivity index (χ0n) is 12.1. The van der Waals surface area contributed by atoms with Crippen molar-refractivity contribution in [1.82, 2.24) is 4.90 Å². The fraction of sp³-hybridized carbons (Fsp3) is 0.467. The lowest BCUT2D eigenvalue weighted by Crippen LogP contribution is -2.37. The van der Waals surface area contributed by atoms with E-state index in [1.807, 2.05) is 13.8 Å². The van der Waals surface area contributed by atoms with E-state index >= 15 is 0 Å². The Kier molecular flexibility index (Phi) is 5.12. The normalized spacial score (nSPS) is 18.2. The maximum absolute atomic E-state index is 12.4. The molecule has 2 amide bonds. The third kappa shape index (κ3) is 3.16. The maximum Gasteiger partial charge on any atom is 0.227 e. The maximum atomic E-state index is 12.4. The second kappa shape index (κ2) is 6.67. The van der Waals surface area contributed by atoms with Crippen molar-refractivity contribution in [1.29, 1.82) is 0 Å². The number of anilines is 1. The molecule has 1 fully saturated rings. The van der Waals surface area contributed by atoms with Crippen molar-refractivity contribution < 1.29 is 9.59 Å². The van der Waals surface area contributed by atoms with Gasteiger partial charge in [0.05, 0.1) is 21.7 Å². The van der Waals surface area contributed by atoms with Crippen LogP contribution in [0.1, 0.15) is 20.3 Å². The van der Waals surface area contributed by atoms with E-state index in [0.717, 1.165) is 0 Å². The van der Waals surface area contributed by atoms with Crippen molar-refractivity contribution in [3.8, 4) is 0 Å². The Morgan fingerprint density at radius 2 is 2.00 bits per heavy atom. The van der Waals surface area contributed by atoms with E-state index in [9.17, 15) is 9.59 Å². The molecule has 21 heavy (non-hydrogen) atoms. The average Bonchev–Trinajstić information content (AvgIpc) is 2.85. The Morgan fingerprint density at radius 1 is 1.33 bits per heavy atom. The number of carbonyl (C=O) groups excluding carboxylic acids is 2. The predicted octanol–water partition coefficient (Wildman–Crippen LogP) is 3.21. The lowest BCUT2D eigenvalue weighted by molar-refractivity contribution is -0.135. The Labute approximate surface area is 134 Å². The Bertz CT molecular complexity index is 559. The SMILES string of the molecule is CCN(CC)C(=O)C1CC(=O)N(c2cccc(Cl)c2Cl)C1. The number of amides is 2. The molecule has 6 heteroatoms. The molecule has 0 saturated carbocycles. The summed E-state index contributed by atoms with van der Waals surface area (Å²) < 4.78 is 0. The number of benzene rings is 1. The van der Waals surface area contributed by atoms with Crippen molar-refractivity contribution in [3.05, 3.63) is 28.2 Å². The van der Waals surface area contributed by atoms with Crippen molar-refractivity contribution in [3.63, 3.8) is 0 Å². The summed E-state index contributed by atoms with van der Waals surface area (Å²) in [4.78, 5) is 27.9. The number of halogens is 2. The molecule has 0 bridgehead atoms. The highest BCUT2D eigenvalue weighted by Gasteiger charge is 2.37. The van der Waals surface area contributed by atoms with Gasteiger partial charge in [-0.3, -0.25) is 9.59 Å². The lowest BCUT2D eigenvalue weighted by Gasteiger charge is -2.23. The van der Waals surface area contributed by atoms with Gasteiger partial charge in [0.25, 0.3) is 0 Å². The van der Waals surface area contributed by atoms with Crippen molar-refractivity contribution in [2.24, 2.45) is 5.92 Å². The molecule has 1 aromatic rings. The van der Waals surface area contributed by atoms with Crippen molar-refractivity contribution >= 4 is 40.7 Å². The van der Waals surface area contributed by atoms with Crippen LogP contribution in [0, 0.1) is 5.92 Å². The zero-order valence-corrected chi connectivity index (χ0v) is 13.6. The molecular formula is C15H18Cl2N2O2. The van der Waals surface area contributed by atoms with Gasteiger partial charge in [0, 0.05) is 26.1 Å². The van der Waals surface area contributed by atoms with Crippen molar-refractivity contribution in [2.45, 2.75) is 20.3 Å². The van der Waals surface area contributed by atoms with E-state index in [-0.39, 0.29) is 24.2 Å².